The number of aromatic nitrogens is 3. The lowest BCUT2D eigenvalue weighted by Gasteiger charge is -2.05. The highest BCUT2D eigenvalue weighted by atomic mass is 32.2. The molecule has 0 radical (unpaired) electrons. The van der Waals surface area contributed by atoms with E-state index in [0.717, 1.165) is 17.8 Å². The summed E-state index contributed by atoms with van der Waals surface area (Å²) >= 11 is 4.27. The Morgan fingerprint density at radius 3 is 2.85 bits per heavy atom. The number of nitrogens with one attached hydrogen (secondary N) is 1. The number of thioether (sulfide) groups is 1. The van der Waals surface area contributed by atoms with Crippen LogP contribution < -0.4 is 5.32 Å². The number of amides is 1. The van der Waals surface area contributed by atoms with Gasteiger partial charge in [-0.1, -0.05) is 18.7 Å². The highest BCUT2D eigenvalue weighted by Gasteiger charge is 2.17. The summed E-state index contributed by atoms with van der Waals surface area (Å²) in [6.07, 6.45) is 0.987. The van der Waals surface area contributed by atoms with Gasteiger partial charge in [-0.25, -0.2) is 4.79 Å². The van der Waals surface area contributed by atoms with E-state index in [-0.39, 0.29) is 11.7 Å². The van der Waals surface area contributed by atoms with Crippen LogP contribution in [0.2, 0.25) is 0 Å². The molecule has 0 bridgehead atoms. The van der Waals surface area contributed by atoms with E-state index < -0.39 is 5.97 Å². The van der Waals surface area contributed by atoms with Crippen LogP contribution in [-0.4, -0.2) is 39.5 Å². The number of aryl methyl sites for hydroxylation is 1. The Bertz CT molecular complexity index is 960. The molecule has 0 aliphatic carbocycles. The number of carbonyl (C=O) groups is 2. The molecule has 142 valence electrons. The van der Waals surface area contributed by atoms with Gasteiger partial charge in [0.25, 0.3) is 0 Å². The lowest BCUT2D eigenvalue weighted by Crippen LogP contribution is -2.16. The Morgan fingerprint density at radius 1 is 1.33 bits per heavy atom. The van der Waals surface area contributed by atoms with Crippen LogP contribution >= 0.6 is 34.4 Å². The molecule has 7 nitrogen and oxygen atoms in total. The molecule has 0 aliphatic heterocycles. The van der Waals surface area contributed by atoms with Crippen LogP contribution in [0.25, 0.3) is 11.4 Å². The fourth-order valence-corrected chi connectivity index (χ4v) is 4.66. The number of methoxy groups -OCH3 is 1. The maximum absolute atomic E-state index is 12.2. The number of thiophene rings is 2. The number of esters is 1. The molecule has 27 heavy (non-hydrogen) atoms. The maximum atomic E-state index is 12.2. The van der Waals surface area contributed by atoms with E-state index in [2.05, 4.69) is 33.9 Å². The third-order valence-corrected chi connectivity index (χ3v) is 6.68. The van der Waals surface area contributed by atoms with E-state index >= 15 is 0 Å². The Kier molecular flexibility index (Phi) is 6.30. The Balaban J connectivity index is 1.63. The largest absolute Gasteiger partial charge is 0.465 e. The summed E-state index contributed by atoms with van der Waals surface area (Å²) in [4.78, 5) is 25.2. The van der Waals surface area contributed by atoms with Crippen molar-refractivity contribution in [1.29, 1.82) is 0 Å². The Morgan fingerprint density at radius 2 is 2.15 bits per heavy atom. The van der Waals surface area contributed by atoms with Gasteiger partial charge in [0.05, 0.1) is 18.4 Å². The van der Waals surface area contributed by atoms with Crippen LogP contribution in [0.1, 0.15) is 22.2 Å². The molecule has 3 rings (SSSR count). The van der Waals surface area contributed by atoms with Gasteiger partial charge in [0.1, 0.15) is 5.00 Å². The highest BCUT2D eigenvalue weighted by molar-refractivity contribution is 7.99. The van der Waals surface area contributed by atoms with Crippen molar-refractivity contribution >= 4 is 51.3 Å². The SMILES string of the molecule is CCc1cc(-c2nnc(SCC(=O)Nc3sccc3C(=O)OC)n2C)cs1. The number of hydrogen-bond donors (Lipinski definition) is 1. The molecule has 3 aromatic rings. The van der Waals surface area contributed by atoms with Gasteiger partial charge in [-0.3, -0.25) is 4.79 Å². The number of hydrogen-bond acceptors (Lipinski definition) is 8. The summed E-state index contributed by atoms with van der Waals surface area (Å²) in [5, 5.41) is 16.1. The molecular weight excluding hydrogens is 404 g/mol. The van der Waals surface area contributed by atoms with Gasteiger partial charge >= 0.3 is 5.97 Å². The number of rotatable bonds is 7. The third-order valence-electron chi connectivity index (χ3n) is 3.75. The molecular formula is C17H18N4O3S3. The van der Waals surface area contributed by atoms with Gasteiger partial charge in [0, 0.05) is 22.9 Å². The van der Waals surface area contributed by atoms with Gasteiger partial charge in [-0.15, -0.1) is 32.9 Å². The van der Waals surface area contributed by atoms with Gasteiger partial charge in [-0.2, -0.15) is 0 Å². The first-order chi connectivity index (χ1) is 13.0. The summed E-state index contributed by atoms with van der Waals surface area (Å²) in [6, 6.07) is 3.74. The zero-order valence-electron chi connectivity index (χ0n) is 15.0. The first-order valence-corrected chi connectivity index (χ1v) is 10.8. The average Bonchev–Trinajstić information content (AvgIpc) is 3.39. The average molecular weight is 423 g/mol. The summed E-state index contributed by atoms with van der Waals surface area (Å²) < 4.78 is 6.59. The van der Waals surface area contributed by atoms with Crippen LogP contribution in [0.5, 0.6) is 0 Å². The van der Waals surface area contributed by atoms with E-state index in [1.165, 1.54) is 35.1 Å². The summed E-state index contributed by atoms with van der Waals surface area (Å²) in [5.74, 6) is 0.245. The standard InChI is InChI=1S/C17H18N4O3S3/c1-4-11-7-10(8-26-11)14-19-20-17(21(14)2)27-9-13(22)18-15-12(5-6-25-15)16(23)24-3/h5-8H,4,9H2,1-3H3,(H,18,22). The first-order valence-electron chi connectivity index (χ1n) is 8.09. The van der Waals surface area contributed by atoms with E-state index in [0.29, 0.717) is 15.7 Å². The van der Waals surface area contributed by atoms with Crippen LogP contribution in [-0.2, 0) is 23.0 Å². The number of carbonyl (C=O) groups excluding carboxylic acids is 2. The molecule has 0 atom stereocenters. The smallest absolute Gasteiger partial charge is 0.340 e. The Labute approximate surface area is 168 Å². The topological polar surface area (TPSA) is 86.1 Å². The van der Waals surface area contributed by atoms with Crippen LogP contribution in [0, 0.1) is 0 Å². The number of nitrogens with zero attached hydrogens (tertiary/aromatic N) is 3. The molecule has 0 aliphatic rings. The molecule has 0 unspecified atom stereocenters. The molecule has 0 saturated heterocycles. The fourth-order valence-electron chi connectivity index (χ4n) is 2.34. The molecule has 0 aromatic carbocycles. The first kappa shape index (κ1) is 19.6. The normalized spacial score (nSPS) is 10.8. The monoisotopic (exact) mass is 422 g/mol. The lowest BCUT2D eigenvalue weighted by atomic mass is 10.2. The molecule has 1 N–H and O–H groups in total. The van der Waals surface area contributed by atoms with Gasteiger partial charge < -0.3 is 14.6 Å². The second-order valence-corrected chi connectivity index (χ2v) is 8.37. The third kappa shape index (κ3) is 4.40. The van der Waals surface area contributed by atoms with Crippen LogP contribution in [0.15, 0.2) is 28.0 Å². The molecule has 3 aromatic heterocycles. The van der Waals surface area contributed by atoms with E-state index in [4.69, 9.17) is 4.74 Å². The van der Waals surface area contributed by atoms with Crippen molar-refractivity contribution in [3.8, 4) is 11.4 Å². The Hall–Kier alpha value is -2.17. The molecule has 0 fully saturated rings. The number of anilines is 1. The minimum atomic E-state index is -0.473. The maximum Gasteiger partial charge on any atom is 0.340 e. The van der Waals surface area contributed by atoms with Crippen molar-refractivity contribution in [2.45, 2.75) is 18.5 Å². The zero-order chi connectivity index (χ0) is 19.4. The van der Waals surface area contributed by atoms with Gasteiger partial charge in [0.2, 0.25) is 5.91 Å². The quantitative estimate of drug-likeness (QED) is 0.462. The molecule has 0 saturated carbocycles. The van der Waals surface area contributed by atoms with Crippen molar-refractivity contribution in [1.82, 2.24) is 14.8 Å². The molecule has 0 spiro atoms. The minimum absolute atomic E-state index is 0.161. The predicted octanol–water partition coefficient (Wildman–Crippen LogP) is 3.68. The molecule has 1 amide bonds. The minimum Gasteiger partial charge on any atom is -0.465 e. The zero-order valence-corrected chi connectivity index (χ0v) is 17.5. The van der Waals surface area contributed by atoms with Crippen molar-refractivity contribution in [3.05, 3.63) is 33.3 Å². The van der Waals surface area contributed by atoms with Crippen LogP contribution in [0.4, 0.5) is 5.00 Å². The lowest BCUT2D eigenvalue weighted by molar-refractivity contribution is -0.113. The van der Waals surface area contributed by atoms with Crippen molar-refractivity contribution in [2.75, 3.05) is 18.2 Å². The van der Waals surface area contributed by atoms with E-state index in [1.807, 2.05) is 11.6 Å². The van der Waals surface area contributed by atoms with Crippen molar-refractivity contribution < 1.29 is 14.3 Å². The summed E-state index contributed by atoms with van der Waals surface area (Å²) in [6.45, 7) is 2.12. The summed E-state index contributed by atoms with van der Waals surface area (Å²) in [5.41, 5.74) is 1.38. The molecule has 3 heterocycles. The van der Waals surface area contributed by atoms with E-state index in [9.17, 15) is 9.59 Å². The second-order valence-electron chi connectivity index (χ2n) is 5.51. The van der Waals surface area contributed by atoms with Crippen molar-refractivity contribution in [3.63, 3.8) is 0 Å². The number of ether oxygens (including phenoxy) is 1. The molecule has 10 heteroatoms. The predicted molar refractivity (Wildman–Crippen MR) is 109 cm³/mol. The van der Waals surface area contributed by atoms with Crippen molar-refractivity contribution in [2.24, 2.45) is 7.05 Å². The summed E-state index contributed by atoms with van der Waals surface area (Å²) in [7, 11) is 3.19. The highest BCUT2D eigenvalue weighted by Crippen LogP contribution is 2.28. The van der Waals surface area contributed by atoms with Gasteiger partial charge in [-0.05, 0) is 23.9 Å². The van der Waals surface area contributed by atoms with Crippen LogP contribution in [0.3, 0.4) is 0 Å². The second kappa shape index (κ2) is 8.68. The van der Waals surface area contributed by atoms with Gasteiger partial charge in [0.15, 0.2) is 11.0 Å². The fraction of sp³-hybridized carbons (Fsp3) is 0.294. The van der Waals surface area contributed by atoms with E-state index in [1.54, 1.807) is 22.8 Å².